The molecule has 1 heterocycles. The predicted octanol–water partition coefficient (Wildman–Crippen LogP) is 2.20. The molecule has 4 nitrogen and oxygen atoms in total. The van der Waals surface area contributed by atoms with Gasteiger partial charge in [-0.15, -0.1) is 5.10 Å². The van der Waals surface area contributed by atoms with Crippen molar-refractivity contribution in [3.63, 3.8) is 0 Å². The fraction of sp³-hybridized carbons (Fsp3) is 0.429. The number of hydrogen-bond donors (Lipinski definition) is 1. The van der Waals surface area contributed by atoms with E-state index >= 15 is 0 Å². The van der Waals surface area contributed by atoms with Crippen molar-refractivity contribution < 1.29 is 0 Å². The zero-order valence-corrected chi connectivity index (χ0v) is 11.0. The lowest BCUT2D eigenvalue weighted by Crippen LogP contribution is -2.24. The molecule has 0 fully saturated rings. The van der Waals surface area contributed by atoms with Crippen molar-refractivity contribution in [2.24, 2.45) is 0 Å². The SMILES string of the molecule is CC(C)NCCCc1cnnn1-c1ccccc1. The minimum absolute atomic E-state index is 0.544. The van der Waals surface area contributed by atoms with E-state index in [2.05, 4.69) is 29.5 Å². The summed E-state index contributed by atoms with van der Waals surface area (Å²) in [4.78, 5) is 0. The lowest BCUT2D eigenvalue weighted by Gasteiger charge is -2.08. The number of nitrogens with zero attached hydrogens (tertiary/aromatic N) is 3. The summed E-state index contributed by atoms with van der Waals surface area (Å²) in [5, 5.41) is 11.6. The second-order valence-electron chi connectivity index (χ2n) is 4.69. The molecule has 0 aliphatic rings. The Kier molecular flexibility index (Phi) is 4.47. The minimum atomic E-state index is 0.544. The molecule has 0 saturated heterocycles. The Bertz CT molecular complexity index is 462. The van der Waals surface area contributed by atoms with Crippen LogP contribution in [0.25, 0.3) is 5.69 Å². The average Bonchev–Trinajstić information content (AvgIpc) is 2.84. The molecule has 1 aromatic heterocycles. The van der Waals surface area contributed by atoms with Gasteiger partial charge in [-0.05, 0) is 31.5 Å². The average molecular weight is 244 g/mol. The minimum Gasteiger partial charge on any atom is -0.315 e. The van der Waals surface area contributed by atoms with Crippen LogP contribution in [0.1, 0.15) is 26.0 Å². The van der Waals surface area contributed by atoms with Gasteiger partial charge in [0.05, 0.1) is 17.6 Å². The Balaban J connectivity index is 1.96. The number of rotatable bonds is 6. The molecule has 1 N–H and O–H groups in total. The van der Waals surface area contributed by atoms with Crippen LogP contribution in [0.5, 0.6) is 0 Å². The molecule has 0 aliphatic carbocycles. The first-order chi connectivity index (χ1) is 8.77. The monoisotopic (exact) mass is 244 g/mol. The highest BCUT2D eigenvalue weighted by Gasteiger charge is 2.05. The van der Waals surface area contributed by atoms with Crippen LogP contribution < -0.4 is 5.32 Å². The number of nitrogens with one attached hydrogen (secondary N) is 1. The second-order valence-corrected chi connectivity index (χ2v) is 4.69. The van der Waals surface area contributed by atoms with Gasteiger partial charge in [0.15, 0.2) is 0 Å². The van der Waals surface area contributed by atoms with Gasteiger partial charge in [0.2, 0.25) is 0 Å². The molecular weight excluding hydrogens is 224 g/mol. The first-order valence-corrected chi connectivity index (χ1v) is 6.46. The van der Waals surface area contributed by atoms with E-state index < -0.39 is 0 Å². The van der Waals surface area contributed by atoms with Gasteiger partial charge in [-0.2, -0.15) is 0 Å². The third kappa shape index (κ3) is 3.40. The van der Waals surface area contributed by atoms with Gasteiger partial charge in [-0.25, -0.2) is 4.68 Å². The Morgan fingerprint density at radius 3 is 2.72 bits per heavy atom. The number of aromatic nitrogens is 3. The molecule has 0 aliphatic heterocycles. The fourth-order valence-corrected chi connectivity index (χ4v) is 1.87. The van der Waals surface area contributed by atoms with E-state index in [9.17, 15) is 0 Å². The van der Waals surface area contributed by atoms with Crippen LogP contribution in [-0.4, -0.2) is 27.6 Å². The first-order valence-electron chi connectivity index (χ1n) is 6.46. The zero-order chi connectivity index (χ0) is 12.8. The summed E-state index contributed by atoms with van der Waals surface area (Å²) in [6.07, 6.45) is 3.93. The standard InChI is InChI=1S/C14H20N4/c1-12(2)15-10-6-9-14-11-16-17-18(14)13-7-4-3-5-8-13/h3-5,7-8,11-12,15H,6,9-10H2,1-2H3. The molecule has 96 valence electrons. The Morgan fingerprint density at radius 2 is 2.00 bits per heavy atom. The lowest BCUT2D eigenvalue weighted by molar-refractivity contribution is 0.565. The summed E-state index contributed by atoms with van der Waals surface area (Å²) in [6.45, 7) is 5.35. The molecule has 0 bridgehead atoms. The molecule has 18 heavy (non-hydrogen) atoms. The predicted molar refractivity (Wildman–Crippen MR) is 72.8 cm³/mol. The molecule has 2 aromatic rings. The maximum Gasteiger partial charge on any atom is 0.0729 e. The van der Waals surface area contributed by atoms with Crippen LogP contribution in [-0.2, 0) is 6.42 Å². The van der Waals surface area contributed by atoms with Crippen molar-refractivity contribution in [1.29, 1.82) is 0 Å². The van der Waals surface area contributed by atoms with E-state index in [-0.39, 0.29) is 0 Å². The highest BCUT2D eigenvalue weighted by atomic mass is 15.4. The summed E-state index contributed by atoms with van der Waals surface area (Å²) in [5.41, 5.74) is 2.23. The zero-order valence-electron chi connectivity index (χ0n) is 11.0. The number of aryl methyl sites for hydroxylation is 1. The van der Waals surface area contributed by atoms with Gasteiger partial charge in [-0.1, -0.05) is 37.3 Å². The van der Waals surface area contributed by atoms with Crippen molar-refractivity contribution in [2.45, 2.75) is 32.7 Å². The summed E-state index contributed by atoms with van der Waals surface area (Å²) in [5.74, 6) is 0. The molecule has 0 atom stereocenters. The van der Waals surface area contributed by atoms with Crippen LogP contribution in [0.2, 0.25) is 0 Å². The van der Waals surface area contributed by atoms with Gasteiger partial charge in [0.25, 0.3) is 0 Å². The van der Waals surface area contributed by atoms with Crippen LogP contribution in [0, 0.1) is 0 Å². The van der Waals surface area contributed by atoms with E-state index in [1.54, 1.807) is 0 Å². The Morgan fingerprint density at radius 1 is 1.22 bits per heavy atom. The molecule has 1 aromatic carbocycles. The summed E-state index contributed by atoms with van der Waals surface area (Å²) in [7, 11) is 0. The normalized spacial score (nSPS) is 11.1. The van der Waals surface area contributed by atoms with Gasteiger partial charge < -0.3 is 5.32 Å². The van der Waals surface area contributed by atoms with Crippen molar-refractivity contribution in [2.75, 3.05) is 6.54 Å². The molecular formula is C14H20N4. The quantitative estimate of drug-likeness (QED) is 0.792. The van der Waals surface area contributed by atoms with Crippen LogP contribution in [0.4, 0.5) is 0 Å². The third-order valence-corrected chi connectivity index (χ3v) is 2.78. The topological polar surface area (TPSA) is 42.7 Å². The van der Waals surface area contributed by atoms with Crippen molar-refractivity contribution in [3.8, 4) is 5.69 Å². The van der Waals surface area contributed by atoms with Crippen LogP contribution in [0.15, 0.2) is 36.5 Å². The van der Waals surface area contributed by atoms with Crippen molar-refractivity contribution in [1.82, 2.24) is 20.3 Å². The largest absolute Gasteiger partial charge is 0.315 e. The smallest absolute Gasteiger partial charge is 0.0729 e. The van der Waals surface area contributed by atoms with Crippen LogP contribution in [0.3, 0.4) is 0 Å². The molecule has 0 saturated carbocycles. The van der Waals surface area contributed by atoms with Crippen LogP contribution >= 0.6 is 0 Å². The summed E-state index contributed by atoms with van der Waals surface area (Å²) in [6, 6.07) is 10.7. The fourth-order valence-electron chi connectivity index (χ4n) is 1.87. The van der Waals surface area contributed by atoms with E-state index in [1.165, 1.54) is 0 Å². The van der Waals surface area contributed by atoms with Gasteiger partial charge in [0, 0.05) is 6.04 Å². The number of hydrogen-bond acceptors (Lipinski definition) is 3. The summed E-state index contributed by atoms with van der Waals surface area (Å²) >= 11 is 0. The van der Waals surface area contributed by atoms with E-state index in [0.717, 1.165) is 30.8 Å². The molecule has 0 radical (unpaired) electrons. The van der Waals surface area contributed by atoms with E-state index in [4.69, 9.17) is 0 Å². The van der Waals surface area contributed by atoms with Gasteiger partial charge in [-0.3, -0.25) is 0 Å². The molecule has 0 amide bonds. The molecule has 0 unspecified atom stereocenters. The van der Waals surface area contributed by atoms with Crippen molar-refractivity contribution >= 4 is 0 Å². The van der Waals surface area contributed by atoms with Gasteiger partial charge in [0.1, 0.15) is 0 Å². The highest BCUT2D eigenvalue weighted by molar-refractivity contribution is 5.31. The molecule has 4 heteroatoms. The molecule has 0 spiro atoms. The van der Waals surface area contributed by atoms with Crippen molar-refractivity contribution in [3.05, 3.63) is 42.2 Å². The maximum absolute atomic E-state index is 4.15. The Labute approximate surface area is 108 Å². The maximum atomic E-state index is 4.15. The van der Waals surface area contributed by atoms with E-state index in [1.807, 2.05) is 41.2 Å². The van der Waals surface area contributed by atoms with E-state index in [0.29, 0.717) is 6.04 Å². The number of para-hydroxylation sites is 1. The molecule has 2 rings (SSSR count). The second kappa shape index (κ2) is 6.31. The first kappa shape index (κ1) is 12.8. The number of benzene rings is 1. The third-order valence-electron chi connectivity index (χ3n) is 2.78. The Hall–Kier alpha value is -1.68. The highest BCUT2D eigenvalue weighted by Crippen LogP contribution is 2.09. The summed E-state index contributed by atoms with van der Waals surface area (Å²) < 4.78 is 1.91. The van der Waals surface area contributed by atoms with Gasteiger partial charge >= 0.3 is 0 Å². The lowest BCUT2D eigenvalue weighted by atomic mass is 10.2.